The maximum atomic E-state index is 12.6. The number of carboxylic acid groups (broad SMARTS) is 1. The van der Waals surface area contributed by atoms with E-state index in [1.54, 1.807) is 6.92 Å². The number of aromatic carboxylic acids is 1. The van der Waals surface area contributed by atoms with Crippen LogP contribution in [0, 0.1) is 6.92 Å². The molecule has 0 saturated heterocycles. The Morgan fingerprint density at radius 3 is 2.23 bits per heavy atom. The third-order valence-corrected chi connectivity index (χ3v) is 5.29. The number of benzene rings is 2. The molecule has 22 heavy (non-hydrogen) atoms. The Labute approximate surface area is 133 Å². The number of carbonyl (C=O) groups is 1. The molecule has 0 heterocycles. The fraction of sp³-hybridized carbons (Fsp3) is 0.133. The number of aryl methyl sites for hydroxylation is 1. The van der Waals surface area contributed by atoms with E-state index in [1.165, 1.54) is 49.5 Å². The van der Waals surface area contributed by atoms with Gasteiger partial charge in [0.05, 0.1) is 16.1 Å². The van der Waals surface area contributed by atoms with Crippen LogP contribution in [0.4, 0.5) is 5.69 Å². The number of anilines is 1. The zero-order chi connectivity index (χ0) is 16.5. The summed E-state index contributed by atoms with van der Waals surface area (Å²) in [5.74, 6) is -1.06. The molecule has 0 aliphatic carbocycles. The third kappa shape index (κ3) is 3.08. The molecule has 116 valence electrons. The lowest BCUT2D eigenvalue weighted by molar-refractivity contribution is 0.0697. The third-order valence-electron chi connectivity index (χ3n) is 3.26. The van der Waals surface area contributed by atoms with E-state index < -0.39 is 16.0 Å². The highest BCUT2D eigenvalue weighted by Crippen LogP contribution is 2.26. The number of rotatable bonds is 4. The summed E-state index contributed by atoms with van der Waals surface area (Å²) in [5, 5.41) is 9.41. The van der Waals surface area contributed by atoms with E-state index in [2.05, 4.69) is 0 Å². The summed E-state index contributed by atoms with van der Waals surface area (Å²) in [6.07, 6.45) is 0. The van der Waals surface area contributed by atoms with Gasteiger partial charge in [0.1, 0.15) is 0 Å². The molecule has 7 heteroatoms. The highest BCUT2D eigenvalue weighted by atomic mass is 35.5. The van der Waals surface area contributed by atoms with Gasteiger partial charge in [-0.25, -0.2) is 13.2 Å². The largest absolute Gasteiger partial charge is 0.478 e. The molecule has 0 bridgehead atoms. The van der Waals surface area contributed by atoms with E-state index in [-0.39, 0.29) is 10.5 Å². The van der Waals surface area contributed by atoms with Crippen LogP contribution in [-0.4, -0.2) is 26.5 Å². The van der Waals surface area contributed by atoms with Gasteiger partial charge >= 0.3 is 5.97 Å². The van der Waals surface area contributed by atoms with Gasteiger partial charge in [0.2, 0.25) is 0 Å². The van der Waals surface area contributed by atoms with E-state index in [0.717, 1.165) is 4.31 Å². The Kier molecular flexibility index (Phi) is 4.44. The van der Waals surface area contributed by atoms with E-state index >= 15 is 0 Å². The van der Waals surface area contributed by atoms with Crippen LogP contribution >= 0.6 is 11.6 Å². The molecule has 0 radical (unpaired) electrons. The van der Waals surface area contributed by atoms with Crippen LogP contribution < -0.4 is 4.31 Å². The molecule has 0 atom stereocenters. The van der Waals surface area contributed by atoms with Crippen LogP contribution in [0.5, 0.6) is 0 Å². The normalized spacial score (nSPS) is 11.2. The maximum Gasteiger partial charge on any atom is 0.335 e. The van der Waals surface area contributed by atoms with Gasteiger partial charge in [0.15, 0.2) is 0 Å². The van der Waals surface area contributed by atoms with Crippen LogP contribution in [0.2, 0.25) is 5.02 Å². The summed E-state index contributed by atoms with van der Waals surface area (Å²) in [5.41, 5.74) is 1.08. The number of halogens is 1. The van der Waals surface area contributed by atoms with Crippen molar-refractivity contribution in [2.75, 3.05) is 11.4 Å². The van der Waals surface area contributed by atoms with Crippen LogP contribution in [0.25, 0.3) is 0 Å². The number of nitrogens with zero attached hydrogens (tertiary/aromatic N) is 1. The van der Waals surface area contributed by atoms with Gasteiger partial charge in [0.25, 0.3) is 10.0 Å². The van der Waals surface area contributed by atoms with Gasteiger partial charge in [-0.15, -0.1) is 0 Å². The van der Waals surface area contributed by atoms with Gasteiger partial charge in [-0.3, -0.25) is 4.31 Å². The first-order valence-corrected chi connectivity index (χ1v) is 8.13. The standard InChI is InChI=1S/C15H14ClNO4S/c1-10-9-11(15(18)19)3-8-14(10)17(2)22(20,21)13-6-4-12(16)5-7-13/h3-9H,1-2H3,(H,18,19). The fourth-order valence-electron chi connectivity index (χ4n) is 2.04. The van der Waals surface area contributed by atoms with Gasteiger partial charge in [0, 0.05) is 12.1 Å². The lowest BCUT2D eigenvalue weighted by atomic mass is 10.1. The molecule has 2 rings (SSSR count). The minimum atomic E-state index is -3.74. The van der Waals surface area contributed by atoms with E-state index in [1.807, 2.05) is 0 Å². The maximum absolute atomic E-state index is 12.6. The Hall–Kier alpha value is -2.05. The predicted octanol–water partition coefficient (Wildman–Crippen LogP) is 3.17. The SMILES string of the molecule is Cc1cc(C(=O)O)ccc1N(C)S(=O)(=O)c1ccc(Cl)cc1. The molecular weight excluding hydrogens is 326 g/mol. The number of hydrogen-bond donors (Lipinski definition) is 1. The van der Waals surface area contributed by atoms with E-state index in [9.17, 15) is 13.2 Å². The molecule has 0 aromatic heterocycles. The first kappa shape index (κ1) is 16.3. The molecule has 0 saturated carbocycles. The number of hydrogen-bond acceptors (Lipinski definition) is 3. The quantitative estimate of drug-likeness (QED) is 0.928. The number of sulfonamides is 1. The van der Waals surface area contributed by atoms with E-state index in [4.69, 9.17) is 16.7 Å². The molecule has 5 nitrogen and oxygen atoms in total. The second kappa shape index (κ2) is 5.98. The molecule has 0 aliphatic heterocycles. The van der Waals surface area contributed by atoms with Gasteiger partial charge in [-0.05, 0) is 55.0 Å². The lowest BCUT2D eigenvalue weighted by Gasteiger charge is -2.21. The van der Waals surface area contributed by atoms with Gasteiger partial charge in [-0.1, -0.05) is 11.6 Å². The average Bonchev–Trinajstić information content (AvgIpc) is 2.46. The molecule has 0 unspecified atom stereocenters. The summed E-state index contributed by atoms with van der Waals surface area (Å²) in [7, 11) is -2.31. The van der Waals surface area contributed by atoms with Gasteiger partial charge < -0.3 is 5.11 Å². The summed E-state index contributed by atoms with van der Waals surface area (Å²) in [6.45, 7) is 1.66. The van der Waals surface area contributed by atoms with Crippen molar-refractivity contribution in [1.82, 2.24) is 0 Å². The van der Waals surface area contributed by atoms with Crippen molar-refractivity contribution in [3.8, 4) is 0 Å². The monoisotopic (exact) mass is 339 g/mol. The Morgan fingerprint density at radius 1 is 1.14 bits per heavy atom. The zero-order valence-corrected chi connectivity index (χ0v) is 13.5. The summed E-state index contributed by atoms with van der Waals surface area (Å²) < 4.78 is 26.3. The Balaban J connectivity index is 2.44. The minimum Gasteiger partial charge on any atom is -0.478 e. The predicted molar refractivity (Wildman–Crippen MR) is 85.2 cm³/mol. The molecular formula is C15H14ClNO4S. The average molecular weight is 340 g/mol. The second-order valence-electron chi connectivity index (χ2n) is 4.73. The molecule has 1 N–H and O–H groups in total. The van der Waals surface area contributed by atoms with Crippen LogP contribution in [0.1, 0.15) is 15.9 Å². The van der Waals surface area contributed by atoms with Crippen molar-refractivity contribution in [2.45, 2.75) is 11.8 Å². The van der Waals surface area contributed by atoms with Crippen LogP contribution in [0.15, 0.2) is 47.4 Å². The van der Waals surface area contributed by atoms with Crippen molar-refractivity contribution >= 4 is 33.3 Å². The summed E-state index contributed by atoms with van der Waals surface area (Å²) in [6, 6.07) is 10.1. The van der Waals surface area contributed by atoms with Crippen molar-refractivity contribution < 1.29 is 18.3 Å². The Bertz CT molecular complexity index is 816. The molecule has 0 aliphatic rings. The topological polar surface area (TPSA) is 74.7 Å². The zero-order valence-electron chi connectivity index (χ0n) is 11.9. The van der Waals surface area contributed by atoms with E-state index in [0.29, 0.717) is 16.3 Å². The van der Waals surface area contributed by atoms with Crippen LogP contribution in [0.3, 0.4) is 0 Å². The van der Waals surface area contributed by atoms with Gasteiger partial charge in [-0.2, -0.15) is 0 Å². The fourth-order valence-corrected chi connectivity index (χ4v) is 3.42. The molecule has 2 aromatic rings. The number of carboxylic acids is 1. The lowest BCUT2D eigenvalue weighted by Crippen LogP contribution is -2.27. The molecule has 0 spiro atoms. The first-order valence-electron chi connectivity index (χ1n) is 6.32. The Morgan fingerprint density at radius 2 is 1.73 bits per heavy atom. The van der Waals surface area contributed by atoms with Crippen molar-refractivity contribution in [1.29, 1.82) is 0 Å². The van der Waals surface area contributed by atoms with Crippen LogP contribution in [-0.2, 0) is 10.0 Å². The minimum absolute atomic E-state index is 0.110. The summed E-state index contributed by atoms with van der Waals surface area (Å²) in [4.78, 5) is 11.1. The second-order valence-corrected chi connectivity index (χ2v) is 7.14. The van der Waals surface area contributed by atoms with Crippen molar-refractivity contribution in [3.63, 3.8) is 0 Å². The highest BCUT2D eigenvalue weighted by molar-refractivity contribution is 7.92. The summed E-state index contributed by atoms with van der Waals surface area (Å²) >= 11 is 5.77. The molecule has 0 amide bonds. The van der Waals surface area contributed by atoms with Crippen molar-refractivity contribution in [3.05, 3.63) is 58.6 Å². The smallest absolute Gasteiger partial charge is 0.335 e. The first-order chi connectivity index (χ1) is 10.2. The molecule has 0 fully saturated rings. The van der Waals surface area contributed by atoms with Crippen molar-refractivity contribution in [2.24, 2.45) is 0 Å². The molecule has 2 aromatic carbocycles. The highest BCUT2D eigenvalue weighted by Gasteiger charge is 2.22.